The lowest BCUT2D eigenvalue weighted by molar-refractivity contribution is 0.613. The van der Waals surface area contributed by atoms with Gasteiger partial charge in [0.1, 0.15) is 5.82 Å². The summed E-state index contributed by atoms with van der Waals surface area (Å²) in [5.41, 5.74) is -0.0388. The summed E-state index contributed by atoms with van der Waals surface area (Å²) in [7, 11) is 0. The van der Waals surface area contributed by atoms with Crippen LogP contribution < -0.4 is 11.0 Å². The van der Waals surface area contributed by atoms with Crippen LogP contribution in [0.25, 0.3) is 0 Å². The molecule has 0 amide bonds. The van der Waals surface area contributed by atoms with E-state index in [1.165, 1.54) is 12.3 Å². The fourth-order valence-electron chi connectivity index (χ4n) is 1.22. The van der Waals surface area contributed by atoms with Crippen LogP contribution in [-0.2, 0) is 6.54 Å². The van der Waals surface area contributed by atoms with Crippen molar-refractivity contribution in [1.29, 1.82) is 0 Å². The van der Waals surface area contributed by atoms with E-state index >= 15 is 0 Å². The van der Waals surface area contributed by atoms with E-state index in [1.807, 2.05) is 0 Å². The van der Waals surface area contributed by atoms with E-state index < -0.39 is 5.69 Å². The first-order valence-electron chi connectivity index (χ1n) is 4.65. The molecule has 0 bridgehead atoms. The summed E-state index contributed by atoms with van der Waals surface area (Å²) in [6.07, 6.45) is 1.36. The normalized spacial score (nSPS) is 10.1. The fourth-order valence-corrected chi connectivity index (χ4v) is 1.22. The van der Waals surface area contributed by atoms with Crippen molar-refractivity contribution in [3.05, 3.63) is 52.3 Å². The average molecular weight is 220 g/mol. The number of anilines is 1. The molecule has 0 spiro atoms. The number of aromatic amines is 1. The Morgan fingerprint density at radius 3 is 2.94 bits per heavy atom. The number of hydrogen-bond acceptors (Lipinski definition) is 4. The molecular formula is C10H9FN4O. The van der Waals surface area contributed by atoms with Crippen LogP contribution in [0.4, 0.5) is 10.2 Å². The van der Waals surface area contributed by atoms with Gasteiger partial charge in [-0.3, -0.25) is 0 Å². The maximum atomic E-state index is 13.2. The second-order valence-corrected chi connectivity index (χ2v) is 3.12. The molecule has 1 heterocycles. The van der Waals surface area contributed by atoms with Gasteiger partial charge >= 0.3 is 5.69 Å². The molecule has 82 valence electrons. The molecule has 0 atom stereocenters. The SMILES string of the molecule is O=c1nc(NCc2ccccc2F)cn[nH]1. The number of halogens is 1. The second kappa shape index (κ2) is 4.52. The van der Waals surface area contributed by atoms with Crippen LogP contribution in [0.15, 0.2) is 35.3 Å². The molecule has 0 radical (unpaired) electrons. The maximum Gasteiger partial charge on any atom is 0.363 e. The van der Waals surface area contributed by atoms with Crippen molar-refractivity contribution in [2.45, 2.75) is 6.54 Å². The summed E-state index contributed by atoms with van der Waals surface area (Å²) in [5, 5.41) is 8.52. The minimum atomic E-state index is -0.543. The minimum Gasteiger partial charge on any atom is -0.364 e. The molecule has 16 heavy (non-hydrogen) atoms. The molecule has 1 aromatic carbocycles. The number of hydrogen-bond donors (Lipinski definition) is 2. The summed E-state index contributed by atoms with van der Waals surface area (Å²) in [4.78, 5) is 14.4. The molecule has 0 aliphatic heterocycles. The van der Waals surface area contributed by atoms with Crippen molar-refractivity contribution < 1.29 is 4.39 Å². The van der Waals surface area contributed by atoms with Gasteiger partial charge in [0.15, 0.2) is 5.82 Å². The summed E-state index contributed by atoms with van der Waals surface area (Å²) in [6.45, 7) is 0.255. The van der Waals surface area contributed by atoms with Crippen molar-refractivity contribution >= 4 is 5.82 Å². The Kier molecular flexibility index (Phi) is 2.90. The first-order chi connectivity index (χ1) is 7.75. The van der Waals surface area contributed by atoms with Crippen LogP contribution in [0.5, 0.6) is 0 Å². The Hall–Kier alpha value is -2.24. The monoisotopic (exact) mass is 220 g/mol. The molecule has 6 heteroatoms. The van der Waals surface area contributed by atoms with Gasteiger partial charge in [0, 0.05) is 12.1 Å². The number of benzene rings is 1. The van der Waals surface area contributed by atoms with E-state index in [0.717, 1.165) is 0 Å². The standard InChI is InChI=1S/C10H9FN4O/c11-8-4-2-1-3-7(8)5-12-9-6-13-15-10(16)14-9/h1-4,6H,5H2,(H2,12,14,15,16). The highest BCUT2D eigenvalue weighted by Gasteiger charge is 2.01. The molecule has 5 nitrogen and oxygen atoms in total. The minimum absolute atomic E-state index is 0.255. The van der Waals surface area contributed by atoms with Crippen LogP contribution in [0, 0.1) is 5.82 Å². The van der Waals surface area contributed by atoms with Crippen LogP contribution in [0.3, 0.4) is 0 Å². The quantitative estimate of drug-likeness (QED) is 0.806. The maximum absolute atomic E-state index is 13.2. The number of aromatic nitrogens is 3. The lowest BCUT2D eigenvalue weighted by Crippen LogP contribution is -2.14. The Morgan fingerprint density at radius 1 is 1.38 bits per heavy atom. The van der Waals surface area contributed by atoms with Gasteiger partial charge in [-0.25, -0.2) is 14.3 Å². The van der Waals surface area contributed by atoms with E-state index in [4.69, 9.17) is 0 Å². The number of H-pyrrole nitrogens is 1. The average Bonchev–Trinajstić information content (AvgIpc) is 2.28. The third-order valence-electron chi connectivity index (χ3n) is 1.99. The molecule has 2 aromatic rings. The highest BCUT2D eigenvalue weighted by Crippen LogP contribution is 2.07. The van der Waals surface area contributed by atoms with E-state index in [-0.39, 0.29) is 12.4 Å². The predicted octanol–water partition coefficient (Wildman–Crippen LogP) is 0.916. The lowest BCUT2D eigenvalue weighted by atomic mass is 10.2. The van der Waals surface area contributed by atoms with Gasteiger partial charge in [-0.05, 0) is 6.07 Å². The zero-order valence-corrected chi connectivity index (χ0v) is 8.27. The molecular weight excluding hydrogens is 211 g/mol. The van der Waals surface area contributed by atoms with Gasteiger partial charge < -0.3 is 5.32 Å². The Bertz CT molecular complexity index is 540. The van der Waals surface area contributed by atoms with E-state index in [2.05, 4.69) is 20.5 Å². The second-order valence-electron chi connectivity index (χ2n) is 3.12. The van der Waals surface area contributed by atoms with Crippen LogP contribution in [-0.4, -0.2) is 15.2 Å². The van der Waals surface area contributed by atoms with Crippen LogP contribution in [0.2, 0.25) is 0 Å². The zero-order chi connectivity index (χ0) is 11.4. The highest BCUT2D eigenvalue weighted by atomic mass is 19.1. The van der Waals surface area contributed by atoms with Crippen LogP contribution in [0.1, 0.15) is 5.56 Å². The largest absolute Gasteiger partial charge is 0.364 e. The molecule has 2 rings (SSSR count). The van der Waals surface area contributed by atoms with E-state index in [9.17, 15) is 9.18 Å². The lowest BCUT2D eigenvalue weighted by Gasteiger charge is -2.04. The van der Waals surface area contributed by atoms with Gasteiger partial charge in [-0.1, -0.05) is 18.2 Å². The zero-order valence-electron chi connectivity index (χ0n) is 8.27. The van der Waals surface area contributed by atoms with Crippen LogP contribution >= 0.6 is 0 Å². The van der Waals surface area contributed by atoms with E-state index in [1.54, 1.807) is 18.2 Å². The predicted molar refractivity (Wildman–Crippen MR) is 56.4 cm³/mol. The van der Waals surface area contributed by atoms with Gasteiger partial charge in [0.25, 0.3) is 0 Å². The first kappa shape index (κ1) is 10.3. The highest BCUT2D eigenvalue weighted by molar-refractivity contribution is 5.31. The smallest absolute Gasteiger partial charge is 0.363 e. The molecule has 0 aliphatic rings. The summed E-state index contributed by atoms with van der Waals surface area (Å²) in [6, 6.07) is 6.39. The molecule has 0 saturated heterocycles. The molecule has 0 unspecified atom stereocenters. The van der Waals surface area contributed by atoms with Crippen molar-refractivity contribution in [2.75, 3.05) is 5.32 Å². The van der Waals surface area contributed by atoms with Gasteiger partial charge in [-0.2, -0.15) is 10.1 Å². The van der Waals surface area contributed by atoms with Crippen molar-refractivity contribution in [3.63, 3.8) is 0 Å². The third kappa shape index (κ3) is 2.41. The molecule has 0 fully saturated rings. The summed E-state index contributed by atoms with van der Waals surface area (Å²) in [5.74, 6) is 0.0137. The third-order valence-corrected chi connectivity index (χ3v) is 1.99. The van der Waals surface area contributed by atoms with Crippen molar-refractivity contribution in [1.82, 2.24) is 15.2 Å². The van der Waals surface area contributed by atoms with Gasteiger partial charge in [-0.15, -0.1) is 0 Å². The number of rotatable bonds is 3. The van der Waals surface area contributed by atoms with Gasteiger partial charge in [0.2, 0.25) is 0 Å². The molecule has 0 saturated carbocycles. The fraction of sp³-hybridized carbons (Fsp3) is 0.100. The van der Waals surface area contributed by atoms with E-state index in [0.29, 0.717) is 11.4 Å². The topological polar surface area (TPSA) is 70.7 Å². The Balaban J connectivity index is 2.08. The number of nitrogens with one attached hydrogen (secondary N) is 2. The molecule has 1 aromatic heterocycles. The summed E-state index contributed by atoms with van der Waals surface area (Å²) < 4.78 is 13.2. The van der Waals surface area contributed by atoms with Gasteiger partial charge in [0.05, 0.1) is 6.20 Å². The summed E-state index contributed by atoms with van der Waals surface area (Å²) >= 11 is 0. The van der Waals surface area contributed by atoms with Crippen molar-refractivity contribution in [3.8, 4) is 0 Å². The first-order valence-corrected chi connectivity index (χ1v) is 4.65. The molecule has 0 aliphatic carbocycles. The Labute approximate surface area is 90.4 Å². The Morgan fingerprint density at radius 2 is 2.19 bits per heavy atom. The van der Waals surface area contributed by atoms with Crippen molar-refractivity contribution in [2.24, 2.45) is 0 Å². The number of nitrogens with zero attached hydrogens (tertiary/aromatic N) is 2. The molecule has 2 N–H and O–H groups in total.